The van der Waals surface area contributed by atoms with Crippen molar-refractivity contribution >= 4 is 11.3 Å². The number of rotatable bonds is 5. The number of nitrogens with zero attached hydrogens (tertiary/aromatic N) is 2. The summed E-state index contributed by atoms with van der Waals surface area (Å²) in [5.41, 5.74) is 0.389. The lowest BCUT2D eigenvalue weighted by atomic mass is 9.69. The van der Waals surface area contributed by atoms with Crippen molar-refractivity contribution in [1.82, 2.24) is 15.5 Å². The summed E-state index contributed by atoms with van der Waals surface area (Å²) in [5, 5.41) is 14.7. The topological polar surface area (TPSA) is 37.8 Å². The molecule has 2 rings (SSSR count). The van der Waals surface area contributed by atoms with Crippen molar-refractivity contribution in [2.45, 2.75) is 65.8 Å². The largest absolute Gasteiger partial charge is 0.310 e. The molecule has 4 heteroatoms. The van der Waals surface area contributed by atoms with E-state index in [1.165, 1.54) is 30.7 Å². The minimum atomic E-state index is 0.389. The minimum absolute atomic E-state index is 0.389. The van der Waals surface area contributed by atoms with Crippen LogP contribution in [0.1, 0.15) is 69.3 Å². The van der Waals surface area contributed by atoms with Gasteiger partial charge in [-0.3, -0.25) is 0 Å². The Morgan fingerprint density at radius 2 is 2.11 bits per heavy atom. The average molecular weight is 281 g/mol. The molecule has 1 unspecified atom stereocenters. The molecular weight excluding hydrogens is 254 g/mol. The van der Waals surface area contributed by atoms with Crippen LogP contribution in [0.5, 0.6) is 0 Å². The fraction of sp³-hybridized carbons (Fsp3) is 0.867. The van der Waals surface area contributed by atoms with Gasteiger partial charge in [0, 0.05) is 12.5 Å². The number of nitrogens with one attached hydrogen (secondary N) is 1. The van der Waals surface area contributed by atoms with Crippen LogP contribution < -0.4 is 5.32 Å². The van der Waals surface area contributed by atoms with Crippen molar-refractivity contribution in [3.05, 3.63) is 10.0 Å². The van der Waals surface area contributed by atoms with Gasteiger partial charge in [0.25, 0.3) is 0 Å². The maximum Gasteiger partial charge on any atom is 0.131 e. The zero-order chi connectivity index (χ0) is 13.9. The van der Waals surface area contributed by atoms with Crippen LogP contribution in [0.4, 0.5) is 0 Å². The molecule has 1 aromatic heterocycles. The van der Waals surface area contributed by atoms with Crippen molar-refractivity contribution in [2.24, 2.45) is 11.3 Å². The van der Waals surface area contributed by atoms with E-state index in [2.05, 4.69) is 43.2 Å². The van der Waals surface area contributed by atoms with E-state index in [9.17, 15) is 0 Å². The Morgan fingerprint density at radius 1 is 1.32 bits per heavy atom. The highest BCUT2D eigenvalue weighted by Crippen LogP contribution is 2.47. The summed E-state index contributed by atoms with van der Waals surface area (Å²) < 4.78 is 0. The lowest BCUT2D eigenvalue weighted by molar-refractivity contribution is 0.198. The first-order valence-electron chi connectivity index (χ1n) is 7.52. The Kier molecular flexibility index (Phi) is 4.96. The van der Waals surface area contributed by atoms with Crippen molar-refractivity contribution < 1.29 is 0 Å². The van der Waals surface area contributed by atoms with E-state index in [1.807, 2.05) is 11.3 Å². The summed E-state index contributed by atoms with van der Waals surface area (Å²) in [6.07, 6.45) is 5.30. The van der Waals surface area contributed by atoms with Gasteiger partial charge in [0.1, 0.15) is 10.0 Å². The zero-order valence-corrected chi connectivity index (χ0v) is 13.5. The van der Waals surface area contributed by atoms with Crippen molar-refractivity contribution in [2.75, 3.05) is 6.54 Å². The summed E-state index contributed by atoms with van der Waals surface area (Å²) >= 11 is 1.81. The molecule has 0 spiro atoms. The molecule has 1 atom stereocenters. The molecule has 108 valence electrons. The van der Waals surface area contributed by atoms with Crippen LogP contribution in [0, 0.1) is 11.3 Å². The van der Waals surface area contributed by atoms with Gasteiger partial charge >= 0.3 is 0 Å². The molecular formula is C15H27N3S. The summed E-state index contributed by atoms with van der Waals surface area (Å²) in [6.45, 7) is 11.1. The lowest BCUT2D eigenvalue weighted by Crippen LogP contribution is -2.25. The van der Waals surface area contributed by atoms with Gasteiger partial charge in [0.2, 0.25) is 0 Å². The molecule has 1 saturated carbocycles. The van der Waals surface area contributed by atoms with Gasteiger partial charge in [0.05, 0.1) is 0 Å². The highest BCUT2D eigenvalue weighted by molar-refractivity contribution is 7.11. The lowest BCUT2D eigenvalue weighted by Gasteiger charge is -2.37. The molecule has 0 amide bonds. The minimum Gasteiger partial charge on any atom is -0.310 e. The molecule has 1 heterocycles. The van der Waals surface area contributed by atoms with E-state index in [-0.39, 0.29) is 0 Å². The number of aromatic nitrogens is 2. The first-order valence-corrected chi connectivity index (χ1v) is 8.33. The predicted molar refractivity (Wildman–Crippen MR) is 81.4 cm³/mol. The van der Waals surface area contributed by atoms with E-state index in [4.69, 9.17) is 0 Å². The van der Waals surface area contributed by atoms with Crippen molar-refractivity contribution in [3.8, 4) is 0 Å². The molecule has 0 bridgehead atoms. The normalized spacial score (nSPS) is 22.9. The molecule has 0 saturated heterocycles. The summed E-state index contributed by atoms with van der Waals surface area (Å²) in [7, 11) is 0. The monoisotopic (exact) mass is 281 g/mol. The molecule has 1 aliphatic carbocycles. The highest BCUT2D eigenvalue weighted by Gasteiger charge is 2.35. The second-order valence-corrected chi connectivity index (χ2v) is 7.94. The molecule has 0 aliphatic heterocycles. The van der Waals surface area contributed by atoms with Crippen LogP contribution in [0.25, 0.3) is 0 Å². The smallest absolute Gasteiger partial charge is 0.131 e. The molecule has 1 N–H and O–H groups in total. The van der Waals surface area contributed by atoms with Crippen LogP contribution >= 0.6 is 11.3 Å². The first-order chi connectivity index (χ1) is 8.99. The van der Waals surface area contributed by atoms with Crippen LogP contribution in [-0.2, 0) is 6.54 Å². The quantitative estimate of drug-likeness (QED) is 0.887. The SMILES string of the molecule is CC(C)CNCc1nnc(C2CCCCC2(C)C)s1. The third-order valence-corrected chi connectivity index (χ3v) is 5.15. The van der Waals surface area contributed by atoms with E-state index in [0.717, 1.165) is 18.1 Å². The fourth-order valence-corrected chi connectivity index (χ4v) is 4.06. The van der Waals surface area contributed by atoms with Crippen LogP contribution in [0.3, 0.4) is 0 Å². The third-order valence-electron chi connectivity index (χ3n) is 4.12. The Labute approximate surface area is 121 Å². The molecule has 3 nitrogen and oxygen atoms in total. The summed E-state index contributed by atoms with van der Waals surface area (Å²) in [5.74, 6) is 1.29. The van der Waals surface area contributed by atoms with Gasteiger partial charge in [-0.15, -0.1) is 10.2 Å². The fourth-order valence-electron chi connectivity index (χ4n) is 2.90. The van der Waals surface area contributed by atoms with E-state index in [0.29, 0.717) is 17.3 Å². The molecule has 0 aromatic carbocycles. The average Bonchev–Trinajstić information content (AvgIpc) is 2.76. The zero-order valence-electron chi connectivity index (χ0n) is 12.7. The van der Waals surface area contributed by atoms with Gasteiger partial charge in [-0.25, -0.2) is 0 Å². The van der Waals surface area contributed by atoms with Crippen LogP contribution in [0.2, 0.25) is 0 Å². The standard InChI is InChI=1S/C15H27N3S/c1-11(2)9-16-10-13-17-18-14(19-13)12-7-5-6-8-15(12,3)4/h11-12,16H,5-10H2,1-4H3. The Hall–Kier alpha value is -0.480. The molecule has 1 aromatic rings. The molecule has 1 aliphatic rings. The maximum atomic E-state index is 4.46. The Balaban J connectivity index is 1.96. The van der Waals surface area contributed by atoms with E-state index >= 15 is 0 Å². The van der Waals surface area contributed by atoms with Crippen molar-refractivity contribution in [1.29, 1.82) is 0 Å². The molecule has 19 heavy (non-hydrogen) atoms. The number of hydrogen-bond donors (Lipinski definition) is 1. The predicted octanol–water partition coefficient (Wildman–Crippen LogP) is 3.97. The van der Waals surface area contributed by atoms with Crippen LogP contribution in [0.15, 0.2) is 0 Å². The Bertz CT molecular complexity index is 398. The van der Waals surface area contributed by atoms with Crippen molar-refractivity contribution in [3.63, 3.8) is 0 Å². The molecule has 1 fully saturated rings. The summed E-state index contributed by atoms with van der Waals surface area (Å²) in [4.78, 5) is 0. The highest BCUT2D eigenvalue weighted by atomic mass is 32.1. The van der Waals surface area contributed by atoms with Crippen LogP contribution in [-0.4, -0.2) is 16.7 Å². The second-order valence-electron chi connectivity index (χ2n) is 6.85. The Morgan fingerprint density at radius 3 is 2.79 bits per heavy atom. The van der Waals surface area contributed by atoms with E-state index < -0.39 is 0 Å². The summed E-state index contributed by atoms with van der Waals surface area (Å²) in [6, 6.07) is 0. The van der Waals surface area contributed by atoms with Gasteiger partial charge in [0.15, 0.2) is 0 Å². The van der Waals surface area contributed by atoms with Gasteiger partial charge < -0.3 is 5.32 Å². The van der Waals surface area contributed by atoms with Gasteiger partial charge in [-0.1, -0.05) is 51.9 Å². The number of hydrogen-bond acceptors (Lipinski definition) is 4. The second kappa shape index (κ2) is 6.31. The third kappa shape index (κ3) is 3.99. The first kappa shape index (κ1) is 14.9. The molecule has 0 radical (unpaired) electrons. The van der Waals surface area contributed by atoms with E-state index in [1.54, 1.807) is 0 Å². The maximum absolute atomic E-state index is 4.46. The van der Waals surface area contributed by atoms with Gasteiger partial charge in [-0.2, -0.15) is 0 Å². The van der Waals surface area contributed by atoms with Gasteiger partial charge in [-0.05, 0) is 30.7 Å².